The van der Waals surface area contributed by atoms with E-state index >= 15 is 0 Å². The first-order valence-electron chi connectivity index (χ1n) is 10.2. The summed E-state index contributed by atoms with van der Waals surface area (Å²) < 4.78 is 5.61. The number of ether oxygens (including phenoxy) is 1. The average Bonchev–Trinajstić information content (AvgIpc) is 2.69. The minimum Gasteiger partial charge on any atom is -0.460 e. The summed E-state index contributed by atoms with van der Waals surface area (Å²) in [5.41, 5.74) is 1.81. The predicted octanol–water partition coefficient (Wildman–Crippen LogP) is 6.05. The molecular formula is C26H33NO2. The minimum absolute atomic E-state index is 0.113. The molecule has 0 unspecified atom stereocenters. The molecule has 0 aliphatic carbocycles. The fraction of sp³-hybridized carbons (Fsp3) is 0.346. The molecule has 2 aromatic carbocycles. The molecule has 3 nitrogen and oxygen atoms in total. The van der Waals surface area contributed by atoms with Crippen molar-refractivity contribution in [3.63, 3.8) is 0 Å². The fourth-order valence-corrected chi connectivity index (χ4v) is 3.29. The summed E-state index contributed by atoms with van der Waals surface area (Å²) in [5, 5.41) is 0. The summed E-state index contributed by atoms with van der Waals surface area (Å²) >= 11 is 0. The number of nitrogens with zero attached hydrogens (tertiary/aromatic N) is 1. The summed E-state index contributed by atoms with van der Waals surface area (Å²) in [5.74, 6) is -0.200. The molecule has 0 heterocycles. The lowest BCUT2D eigenvalue weighted by atomic mass is 10.0. The van der Waals surface area contributed by atoms with Gasteiger partial charge in [-0.15, -0.1) is 6.58 Å². The average molecular weight is 392 g/mol. The van der Waals surface area contributed by atoms with Crippen molar-refractivity contribution >= 4 is 12.0 Å². The van der Waals surface area contributed by atoms with Crippen LogP contribution in [0.4, 0.5) is 0 Å². The van der Waals surface area contributed by atoms with Gasteiger partial charge in [-0.3, -0.25) is 9.69 Å². The lowest BCUT2D eigenvalue weighted by molar-refractivity contribution is -0.156. The summed E-state index contributed by atoms with van der Waals surface area (Å²) in [6.07, 6.45) is 6.34. The molecule has 0 aliphatic rings. The zero-order chi connectivity index (χ0) is 21.3. The molecule has 29 heavy (non-hydrogen) atoms. The molecule has 0 fully saturated rings. The maximum Gasteiger partial charge on any atom is 0.308 e. The fourth-order valence-electron chi connectivity index (χ4n) is 3.29. The third kappa shape index (κ3) is 7.71. The molecule has 3 heteroatoms. The second kappa shape index (κ2) is 10.8. The van der Waals surface area contributed by atoms with E-state index in [0.29, 0.717) is 6.54 Å². The number of carbonyl (C=O) groups excluding carboxylic acids is 1. The summed E-state index contributed by atoms with van der Waals surface area (Å²) in [7, 11) is 0. The van der Waals surface area contributed by atoms with Crippen LogP contribution in [0.5, 0.6) is 0 Å². The lowest BCUT2D eigenvalue weighted by Crippen LogP contribution is -2.39. The Morgan fingerprint density at radius 2 is 1.66 bits per heavy atom. The van der Waals surface area contributed by atoms with Crippen LogP contribution in [-0.2, 0) is 9.53 Å². The molecule has 0 saturated heterocycles. The second-order valence-corrected chi connectivity index (χ2v) is 8.20. The zero-order valence-corrected chi connectivity index (χ0v) is 18.0. The molecule has 0 saturated carbocycles. The molecule has 0 amide bonds. The highest BCUT2D eigenvalue weighted by Crippen LogP contribution is 2.25. The normalized spacial score (nSPS) is 14.0. The van der Waals surface area contributed by atoms with E-state index in [4.69, 9.17) is 4.74 Å². The van der Waals surface area contributed by atoms with E-state index < -0.39 is 5.60 Å². The van der Waals surface area contributed by atoms with Crippen LogP contribution in [0.1, 0.15) is 51.3 Å². The highest BCUT2D eigenvalue weighted by Gasteiger charge is 2.26. The van der Waals surface area contributed by atoms with Gasteiger partial charge in [0.15, 0.2) is 0 Å². The third-order valence-electron chi connectivity index (χ3n) is 4.65. The molecular weight excluding hydrogens is 358 g/mol. The Hall–Kier alpha value is -2.65. The van der Waals surface area contributed by atoms with Gasteiger partial charge in [0.05, 0.1) is 6.42 Å². The molecule has 0 bridgehead atoms. The molecule has 0 N–H and O–H groups in total. The maximum atomic E-state index is 12.6. The van der Waals surface area contributed by atoms with Crippen LogP contribution < -0.4 is 0 Å². The smallest absolute Gasteiger partial charge is 0.308 e. The Bertz CT molecular complexity index is 790. The quantitative estimate of drug-likeness (QED) is 0.385. The number of hydrogen-bond acceptors (Lipinski definition) is 3. The van der Waals surface area contributed by atoms with Crippen molar-refractivity contribution in [1.82, 2.24) is 4.90 Å². The van der Waals surface area contributed by atoms with E-state index in [0.717, 1.165) is 5.56 Å². The van der Waals surface area contributed by atoms with Gasteiger partial charge in [-0.25, -0.2) is 0 Å². The van der Waals surface area contributed by atoms with Gasteiger partial charge in [0, 0.05) is 18.6 Å². The molecule has 154 valence electrons. The number of benzene rings is 2. The van der Waals surface area contributed by atoms with Gasteiger partial charge in [0.25, 0.3) is 0 Å². The van der Waals surface area contributed by atoms with Crippen molar-refractivity contribution in [3.8, 4) is 0 Å². The Morgan fingerprint density at radius 1 is 1.07 bits per heavy atom. The van der Waals surface area contributed by atoms with Gasteiger partial charge in [0.1, 0.15) is 5.60 Å². The van der Waals surface area contributed by atoms with E-state index in [1.165, 1.54) is 5.56 Å². The first-order valence-corrected chi connectivity index (χ1v) is 10.2. The van der Waals surface area contributed by atoms with Crippen molar-refractivity contribution < 1.29 is 9.53 Å². The monoisotopic (exact) mass is 391 g/mol. The Labute approximate surface area is 175 Å². The van der Waals surface area contributed by atoms with Crippen LogP contribution in [-0.4, -0.2) is 29.1 Å². The number of esters is 1. The van der Waals surface area contributed by atoms with Gasteiger partial charge in [-0.05, 0) is 38.8 Å². The van der Waals surface area contributed by atoms with Crippen LogP contribution in [0.25, 0.3) is 6.08 Å². The Kier molecular flexibility index (Phi) is 8.41. The van der Waals surface area contributed by atoms with Gasteiger partial charge in [-0.1, -0.05) is 78.9 Å². The topological polar surface area (TPSA) is 29.5 Å². The van der Waals surface area contributed by atoms with Crippen LogP contribution >= 0.6 is 0 Å². The number of rotatable bonds is 9. The van der Waals surface area contributed by atoms with E-state index in [-0.39, 0.29) is 24.5 Å². The molecule has 0 radical (unpaired) electrons. The van der Waals surface area contributed by atoms with Crippen molar-refractivity contribution in [3.05, 3.63) is 90.5 Å². The van der Waals surface area contributed by atoms with Gasteiger partial charge in [-0.2, -0.15) is 0 Å². The Balaban J connectivity index is 2.31. The van der Waals surface area contributed by atoms with Crippen LogP contribution in [0.2, 0.25) is 0 Å². The van der Waals surface area contributed by atoms with Crippen molar-refractivity contribution in [2.24, 2.45) is 0 Å². The lowest BCUT2D eigenvalue weighted by Gasteiger charge is -2.34. The standard InChI is InChI=1S/C26H33NO2/c1-6-19-27(21(2)23-15-11-8-12-16-23)24(20-25(28)29-26(3,4)5)18-17-22-13-9-7-10-14-22/h6-18,21,24H,1,19-20H2,2-5H3/b18-17+/t21-,24-/m1/s1. The van der Waals surface area contributed by atoms with Crippen molar-refractivity contribution in [1.29, 1.82) is 0 Å². The SMILES string of the molecule is C=CCN([C@H](/C=C/c1ccccc1)CC(=O)OC(C)(C)C)[C@H](C)c1ccccc1. The molecule has 2 aromatic rings. The number of carbonyl (C=O) groups is 1. The van der Waals surface area contributed by atoms with Crippen LogP contribution in [0.15, 0.2) is 79.4 Å². The first kappa shape index (κ1) is 22.6. The summed E-state index contributed by atoms with van der Waals surface area (Å²) in [4.78, 5) is 14.9. The van der Waals surface area contributed by atoms with Crippen LogP contribution in [0, 0.1) is 0 Å². The molecule has 0 aromatic heterocycles. The minimum atomic E-state index is -0.501. The van der Waals surface area contributed by atoms with Crippen LogP contribution in [0.3, 0.4) is 0 Å². The summed E-state index contributed by atoms with van der Waals surface area (Å²) in [6, 6.07) is 20.5. The largest absolute Gasteiger partial charge is 0.460 e. The van der Waals surface area contributed by atoms with E-state index in [2.05, 4.69) is 54.8 Å². The Morgan fingerprint density at radius 3 is 2.21 bits per heavy atom. The maximum absolute atomic E-state index is 12.6. The van der Waals surface area contributed by atoms with Gasteiger partial charge >= 0.3 is 5.97 Å². The summed E-state index contributed by atoms with van der Waals surface area (Å²) in [6.45, 7) is 12.5. The highest BCUT2D eigenvalue weighted by molar-refractivity contribution is 5.71. The zero-order valence-electron chi connectivity index (χ0n) is 18.0. The molecule has 2 atom stereocenters. The van der Waals surface area contributed by atoms with Crippen molar-refractivity contribution in [2.45, 2.75) is 51.8 Å². The molecule has 0 spiro atoms. The van der Waals surface area contributed by atoms with Gasteiger partial charge < -0.3 is 4.74 Å². The third-order valence-corrected chi connectivity index (χ3v) is 4.65. The van der Waals surface area contributed by atoms with Gasteiger partial charge in [0.2, 0.25) is 0 Å². The van der Waals surface area contributed by atoms with E-state index in [1.54, 1.807) is 0 Å². The number of hydrogen-bond donors (Lipinski definition) is 0. The highest BCUT2D eigenvalue weighted by atomic mass is 16.6. The van der Waals surface area contributed by atoms with E-state index in [1.807, 2.05) is 63.2 Å². The first-order chi connectivity index (χ1) is 13.8. The second-order valence-electron chi connectivity index (χ2n) is 8.20. The predicted molar refractivity (Wildman–Crippen MR) is 121 cm³/mol. The molecule has 0 aliphatic heterocycles. The van der Waals surface area contributed by atoms with Crippen molar-refractivity contribution in [2.75, 3.05) is 6.54 Å². The molecule has 2 rings (SSSR count). The van der Waals surface area contributed by atoms with E-state index in [9.17, 15) is 4.79 Å².